The average molecular weight is 616 g/mol. The van der Waals surface area contributed by atoms with Crippen LogP contribution in [0.2, 0.25) is 6.04 Å². The van der Waals surface area contributed by atoms with Crippen molar-refractivity contribution in [1.82, 2.24) is 5.48 Å². The van der Waals surface area contributed by atoms with Crippen LogP contribution in [0.5, 0.6) is 0 Å². The van der Waals surface area contributed by atoms with Crippen LogP contribution in [0.1, 0.15) is 175 Å². The van der Waals surface area contributed by atoms with Crippen LogP contribution in [-0.4, -0.2) is 39.4 Å². The molecule has 41 heavy (non-hydrogen) atoms. The minimum Gasteiger partial charge on any atom is -0.373 e. The number of carbonyl (C=O) groups excluding carboxylic acids is 1. The Morgan fingerprint density at radius 2 is 1.29 bits per heavy atom. The van der Waals surface area contributed by atoms with Crippen molar-refractivity contribution in [3.63, 3.8) is 0 Å². The zero-order valence-corrected chi connectivity index (χ0v) is 29.4. The second-order valence-electron chi connectivity index (χ2n) is 12.3. The SMILES string of the molecule is CCCCCCCCCCCCCCCCCC1CCO[Si](CCCSC(=O)CCCCCCC)(OCC)ONC1. The molecule has 1 aliphatic heterocycles. The quantitative estimate of drug-likeness (QED) is 0.0698. The van der Waals surface area contributed by atoms with Gasteiger partial charge in [-0.1, -0.05) is 148 Å². The fraction of sp³-hybridized carbons (Fsp3) is 0.971. The maximum absolute atomic E-state index is 12.2. The molecule has 2 atom stereocenters. The standard InChI is InChI=1S/C34H69NO4SSi/c1-4-7-9-11-12-13-14-15-16-17-18-19-20-22-23-26-33-28-29-38-41(37-6-3,39-35-32-33)31-25-30-40-34(36)27-24-21-10-8-5-2/h33,35H,4-32H2,1-3H3. The van der Waals surface area contributed by atoms with Gasteiger partial charge in [0.25, 0.3) is 0 Å². The van der Waals surface area contributed by atoms with Crippen LogP contribution in [0.25, 0.3) is 0 Å². The summed E-state index contributed by atoms with van der Waals surface area (Å²) in [6, 6.07) is 0.772. The van der Waals surface area contributed by atoms with Gasteiger partial charge in [0.15, 0.2) is 5.12 Å². The topological polar surface area (TPSA) is 56.8 Å². The molecule has 0 radical (unpaired) electrons. The van der Waals surface area contributed by atoms with Crippen molar-refractivity contribution in [2.75, 3.05) is 25.5 Å². The number of hydrogen-bond acceptors (Lipinski definition) is 6. The Labute approximate surface area is 261 Å². The molecule has 1 rings (SSSR count). The maximum Gasteiger partial charge on any atom is 0.517 e. The molecule has 1 heterocycles. The van der Waals surface area contributed by atoms with E-state index in [-0.39, 0.29) is 0 Å². The van der Waals surface area contributed by atoms with E-state index in [1.165, 1.54) is 140 Å². The van der Waals surface area contributed by atoms with Gasteiger partial charge in [0.05, 0.1) is 0 Å². The first kappa shape index (κ1) is 39.1. The molecular weight excluding hydrogens is 547 g/mol. The predicted molar refractivity (Wildman–Crippen MR) is 180 cm³/mol. The molecule has 0 saturated carbocycles. The van der Waals surface area contributed by atoms with Gasteiger partial charge in [-0.05, 0) is 38.5 Å². The molecule has 1 N–H and O–H groups in total. The minimum absolute atomic E-state index is 0.327. The Morgan fingerprint density at radius 1 is 0.756 bits per heavy atom. The summed E-state index contributed by atoms with van der Waals surface area (Å²) in [4.78, 5) is 12.2. The molecule has 0 amide bonds. The normalized spacial score (nSPS) is 19.7. The third-order valence-corrected chi connectivity index (χ3v) is 12.2. The first-order valence-corrected chi connectivity index (χ1v) is 20.9. The molecule has 5 nitrogen and oxygen atoms in total. The van der Waals surface area contributed by atoms with E-state index in [1.807, 2.05) is 6.92 Å². The van der Waals surface area contributed by atoms with Crippen LogP contribution in [-0.2, 0) is 18.2 Å². The van der Waals surface area contributed by atoms with E-state index >= 15 is 0 Å². The molecule has 2 unspecified atom stereocenters. The van der Waals surface area contributed by atoms with Gasteiger partial charge in [0.1, 0.15) is 0 Å². The molecule has 0 aliphatic carbocycles. The summed E-state index contributed by atoms with van der Waals surface area (Å²) in [6.07, 6.45) is 31.1. The molecule has 0 bridgehead atoms. The zero-order valence-electron chi connectivity index (χ0n) is 27.6. The highest BCUT2D eigenvalue weighted by molar-refractivity contribution is 8.13. The van der Waals surface area contributed by atoms with Crippen LogP contribution in [0.15, 0.2) is 0 Å². The van der Waals surface area contributed by atoms with E-state index in [0.717, 1.165) is 44.2 Å². The molecule has 7 heteroatoms. The number of nitrogens with one attached hydrogen (secondary N) is 1. The first-order valence-electron chi connectivity index (χ1n) is 18.0. The Bertz CT molecular complexity index is 573. The van der Waals surface area contributed by atoms with Gasteiger partial charge in [-0.3, -0.25) is 9.32 Å². The summed E-state index contributed by atoms with van der Waals surface area (Å²) < 4.78 is 18.5. The first-order chi connectivity index (χ1) is 20.2. The van der Waals surface area contributed by atoms with E-state index < -0.39 is 8.80 Å². The molecule has 1 aliphatic rings. The monoisotopic (exact) mass is 615 g/mol. The Morgan fingerprint density at radius 3 is 1.85 bits per heavy atom. The van der Waals surface area contributed by atoms with Crippen molar-refractivity contribution in [3.05, 3.63) is 0 Å². The van der Waals surface area contributed by atoms with Crippen molar-refractivity contribution in [3.8, 4) is 0 Å². The van der Waals surface area contributed by atoms with Crippen molar-refractivity contribution in [2.45, 2.75) is 181 Å². The number of unbranched alkanes of at least 4 members (excludes halogenated alkanes) is 18. The van der Waals surface area contributed by atoms with Crippen LogP contribution in [0.3, 0.4) is 0 Å². The molecule has 0 aromatic rings. The second-order valence-corrected chi connectivity index (χ2v) is 16.1. The predicted octanol–water partition coefficient (Wildman–Crippen LogP) is 10.8. The molecule has 0 aromatic heterocycles. The summed E-state index contributed by atoms with van der Waals surface area (Å²) in [5.41, 5.74) is 3.25. The van der Waals surface area contributed by atoms with Gasteiger partial charge in [0.2, 0.25) is 0 Å². The highest BCUT2D eigenvalue weighted by Crippen LogP contribution is 2.24. The highest BCUT2D eigenvalue weighted by atomic mass is 32.2. The van der Waals surface area contributed by atoms with Gasteiger partial charge in [-0.25, -0.2) is 5.48 Å². The van der Waals surface area contributed by atoms with Crippen LogP contribution in [0, 0.1) is 5.92 Å². The minimum atomic E-state index is -2.72. The lowest BCUT2D eigenvalue weighted by Gasteiger charge is -2.33. The zero-order chi connectivity index (χ0) is 29.7. The summed E-state index contributed by atoms with van der Waals surface area (Å²) in [7, 11) is -2.72. The largest absolute Gasteiger partial charge is 0.517 e. The molecule has 0 spiro atoms. The lowest BCUT2D eigenvalue weighted by atomic mass is 9.97. The number of hydrogen-bond donors (Lipinski definition) is 1. The maximum atomic E-state index is 12.2. The van der Waals surface area contributed by atoms with Crippen molar-refractivity contribution in [1.29, 1.82) is 0 Å². The summed E-state index contributed by atoms with van der Waals surface area (Å²) in [6.45, 7) is 8.73. The molecule has 244 valence electrons. The lowest BCUT2D eigenvalue weighted by molar-refractivity contribution is -0.111. The van der Waals surface area contributed by atoms with Crippen molar-refractivity contribution < 1.29 is 18.2 Å². The van der Waals surface area contributed by atoms with Crippen LogP contribution < -0.4 is 5.48 Å². The van der Waals surface area contributed by atoms with Gasteiger partial charge < -0.3 is 8.85 Å². The smallest absolute Gasteiger partial charge is 0.373 e. The van der Waals surface area contributed by atoms with Crippen LogP contribution >= 0.6 is 11.8 Å². The van der Waals surface area contributed by atoms with Crippen molar-refractivity contribution in [2.24, 2.45) is 5.92 Å². The third-order valence-electron chi connectivity index (χ3n) is 8.40. The molecular formula is C34H69NO4SSi. The van der Waals surface area contributed by atoms with Gasteiger partial charge in [0, 0.05) is 38.0 Å². The summed E-state index contributed by atoms with van der Waals surface area (Å²) in [5, 5.41) is 0.327. The highest BCUT2D eigenvalue weighted by Gasteiger charge is 2.42. The Balaban J connectivity index is 2.06. The van der Waals surface area contributed by atoms with E-state index in [2.05, 4.69) is 19.3 Å². The van der Waals surface area contributed by atoms with Crippen molar-refractivity contribution >= 4 is 25.7 Å². The number of carbonyl (C=O) groups is 1. The van der Waals surface area contributed by atoms with Crippen LogP contribution in [0.4, 0.5) is 0 Å². The Hall–Kier alpha value is 0.0769. The van der Waals surface area contributed by atoms with E-state index in [0.29, 0.717) is 24.1 Å². The van der Waals surface area contributed by atoms with E-state index in [9.17, 15) is 4.79 Å². The fourth-order valence-electron chi connectivity index (χ4n) is 5.74. The number of thioether (sulfide) groups is 1. The molecule has 0 aromatic carbocycles. The van der Waals surface area contributed by atoms with Gasteiger partial charge in [-0.15, -0.1) is 0 Å². The molecule has 1 fully saturated rings. The van der Waals surface area contributed by atoms with E-state index in [1.54, 1.807) is 0 Å². The Kier molecular flexibility index (Phi) is 27.5. The van der Waals surface area contributed by atoms with E-state index in [4.69, 9.17) is 13.4 Å². The molecule has 1 saturated heterocycles. The van der Waals surface area contributed by atoms with Gasteiger partial charge in [-0.2, -0.15) is 0 Å². The third kappa shape index (κ3) is 23.2. The lowest BCUT2D eigenvalue weighted by Crippen LogP contribution is -2.52. The summed E-state index contributed by atoms with van der Waals surface area (Å²) in [5.74, 6) is 1.43. The summed E-state index contributed by atoms with van der Waals surface area (Å²) >= 11 is 1.47. The average Bonchev–Trinajstić information content (AvgIpc) is 2.95. The fourth-order valence-corrected chi connectivity index (χ4v) is 9.17. The number of hydroxylamine groups is 1. The van der Waals surface area contributed by atoms with Gasteiger partial charge >= 0.3 is 8.80 Å². The second kappa shape index (κ2) is 28.8. The number of rotatable bonds is 28.